The SMILES string of the molecule is O=C(c1ccon1)N1CC2CNCC(C2)C1. The maximum atomic E-state index is 12.1. The van der Waals surface area contributed by atoms with E-state index in [9.17, 15) is 4.79 Å². The lowest BCUT2D eigenvalue weighted by atomic mass is 9.86. The number of carbonyl (C=O) groups is 1. The summed E-state index contributed by atoms with van der Waals surface area (Å²) in [6, 6.07) is 1.63. The van der Waals surface area contributed by atoms with Crippen molar-refractivity contribution < 1.29 is 9.32 Å². The van der Waals surface area contributed by atoms with Gasteiger partial charge in [-0.25, -0.2) is 0 Å². The van der Waals surface area contributed by atoms with Crippen molar-refractivity contribution in [1.29, 1.82) is 0 Å². The molecule has 0 saturated carbocycles. The highest BCUT2D eigenvalue weighted by Crippen LogP contribution is 2.25. The maximum Gasteiger partial charge on any atom is 0.276 e. The minimum Gasteiger partial charge on any atom is -0.364 e. The molecule has 2 saturated heterocycles. The number of hydrogen-bond donors (Lipinski definition) is 1. The van der Waals surface area contributed by atoms with Crippen LogP contribution in [-0.2, 0) is 0 Å². The quantitative estimate of drug-likeness (QED) is 0.743. The van der Waals surface area contributed by atoms with Crippen LogP contribution in [0, 0.1) is 11.8 Å². The van der Waals surface area contributed by atoms with E-state index in [0.29, 0.717) is 17.5 Å². The van der Waals surface area contributed by atoms with Gasteiger partial charge in [0, 0.05) is 19.2 Å². The second-order valence-corrected chi connectivity index (χ2v) is 4.72. The smallest absolute Gasteiger partial charge is 0.276 e. The van der Waals surface area contributed by atoms with Crippen molar-refractivity contribution in [1.82, 2.24) is 15.4 Å². The minimum atomic E-state index is 0.00495. The van der Waals surface area contributed by atoms with Crippen molar-refractivity contribution in [3.63, 3.8) is 0 Å². The molecule has 2 fully saturated rings. The average molecular weight is 221 g/mol. The molecule has 2 unspecified atom stereocenters. The predicted molar refractivity (Wildman–Crippen MR) is 56.9 cm³/mol. The molecule has 0 aromatic carbocycles. The molecule has 86 valence electrons. The van der Waals surface area contributed by atoms with Crippen LogP contribution in [0.15, 0.2) is 16.9 Å². The standard InChI is InChI=1S/C11H15N3O2/c15-11(10-1-2-16-13-10)14-6-8-3-9(7-14)5-12-4-8/h1-2,8-9,12H,3-7H2. The van der Waals surface area contributed by atoms with Crippen molar-refractivity contribution in [2.75, 3.05) is 26.2 Å². The minimum absolute atomic E-state index is 0.00495. The van der Waals surface area contributed by atoms with Crippen LogP contribution in [0.2, 0.25) is 0 Å². The van der Waals surface area contributed by atoms with Gasteiger partial charge >= 0.3 is 0 Å². The van der Waals surface area contributed by atoms with Gasteiger partial charge in [-0.3, -0.25) is 4.79 Å². The second kappa shape index (κ2) is 3.90. The van der Waals surface area contributed by atoms with Gasteiger partial charge in [0.05, 0.1) is 0 Å². The molecule has 1 aromatic heterocycles. The van der Waals surface area contributed by atoms with E-state index in [4.69, 9.17) is 4.52 Å². The van der Waals surface area contributed by atoms with E-state index in [-0.39, 0.29) is 5.91 Å². The summed E-state index contributed by atoms with van der Waals surface area (Å²) in [4.78, 5) is 14.0. The van der Waals surface area contributed by atoms with Gasteiger partial charge in [0.1, 0.15) is 6.26 Å². The zero-order chi connectivity index (χ0) is 11.0. The third kappa shape index (κ3) is 1.71. The van der Waals surface area contributed by atoms with Crippen LogP contribution in [0.5, 0.6) is 0 Å². The molecule has 2 aliphatic heterocycles. The summed E-state index contributed by atoms with van der Waals surface area (Å²) in [6.45, 7) is 3.74. The predicted octanol–water partition coefficient (Wildman–Crippen LogP) is 0.356. The molecular formula is C11H15N3O2. The zero-order valence-electron chi connectivity index (χ0n) is 9.06. The summed E-state index contributed by atoms with van der Waals surface area (Å²) in [5.74, 6) is 1.21. The molecule has 3 rings (SSSR count). The number of amides is 1. The Morgan fingerprint density at radius 3 is 2.81 bits per heavy atom. The molecule has 1 aromatic rings. The fourth-order valence-corrected chi connectivity index (χ4v) is 2.76. The summed E-state index contributed by atoms with van der Waals surface area (Å²) >= 11 is 0. The monoisotopic (exact) mass is 221 g/mol. The van der Waals surface area contributed by atoms with Crippen molar-refractivity contribution in [3.05, 3.63) is 18.0 Å². The lowest BCUT2D eigenvalue weighted by Crippen LogP contribution is -2.52. The molecule has 1 N–H and O–H groups in total. The van der Waals surface area contributed by atoms with Crippen molar-refractivity contribution in [2.45, 2.75) is 6.42 Å². The molecule has 0 spiro atoms. The van der Waals surface area contributed by atoms with E-state index >= 15 is 0 Å². The average Bonchev–Trinajstić information content (AvgIpc) is 2.81. The van der Waals surface area contributed by atoms with Crippen LogP contribution in [-0.4, -0.2) is 42.1 Å². The van der Waals surface area contributed by atoms with Crippen LogP contribution in [0.1, 0.15) is 16.9 Å². The fourth-order valence-electron chi connectivity index (χ4n) is 2.76. The van der Waals surface area contributed by atoms with Gasteiger partial charge in [0.15, 0.2) is 5.69 Å². The normalized spacial score (nSPS) is 29.1. The van der Waals surface area contributed by atoms with Gasteiger partial charge in [0.25, 0.3) is 5.91 Å². The number of nitrogens with zero attached hydrogens (tertiary/aromatic N) is 2. The summed E-state index contributed by atoms with van der Waals surface area (Å²) in [5.41, 5.74) is 0.424. The van der Waals surface area contributed by atoms with E-state index in [1.54, 1.807) is 6.07 Å². The lowest BCUT2D eigenvalue weighted by molar-refractivity contribution is 0.0528. The maximum absolute atomic E-state index is 12.1. The van der Waals surface area contributed by atoms with E-state index in [1.807, 2.05) is 4.90 Å². The van der Waals surface area contributed by atoms with Gasteiger partial charge in [-0.2, -0.15) is 0 Å². The topological polar surface area (TPSA) is 58.4 Å². The molecule has 5 nitrogen and oxygen atoms in total. The molecule has 3 heterocycles. The molecule has 2 atom stereocenters. The van der Waals surface area contributed by atoms with Crippen LogP contribution in [0.4, 0.5) is 0 Å². The van der Waals surface area contributed by atoms with Crippen LogP contribution in [0.3, 0.4) is 0 Å². The van der Waals surface area contributed by atoms with Gasteiger partial charge in [-0.05, 0) is 31.3 Å². The molecule has 1 amide bonds. The summed E-state index contributed by atoms with van der Waals surface area (Å²) in [6.07, 6.45) is 2.69. The Hall–Kier alpha value is -1.36. The Labute approximate surface area is 93.8 Å². The van der Waals surface area contributed by atoms with Gasteiger partial charge in [-0.1, -0.05) is 5.16 Å². The number of nitrogens with one attached hydrogen (secondary N) is 1. The first-order chi connectivity index (χ1) is 7.83. The van der Waals surface area contributed by atoms with Crippen molar-refractivity contribution >= 4 is 5.91 Å². The third-order valence-electron chi connectivity index (χ3n) is 3.43. The number of hydrogen-bond acceptors (Lipinski definition) is 4. The largest absolute Gasteiger partial charge is 0.364 e. The Balaban J connectivity index is 1.73. The summed E-state index contributed by atoms with van der Waals surface area (Å²) in [5, 5.41) is 7.11. The first-order valence-corrected chi connectivity index (χ1v) is 5.73. The summed E-state index contributed by atoms with van der Waals surface area (Å²) in [7, 11) is 0. The number of likely N-dealkylation sites (tertiary alicyclic amines) is 1. The second-order valence-electron chi connectivity index (χ2n) is 4.72. The van der Waals surface area contributed by atoms with Gasteiger partial charge in [-0.15, -0.1) is 0 Å². The first kappa shape index (κ1) is 9.84. The Kier molecular flexibility index (Phi) is 2.40. The van der Waals surface area contributed by atoms with Gasteiger partial charge in [0.2, 0.25) is 0 Å². The first-order valence-electron chi connectivity index (χ1n) is 5.73. The Bertz CT molecular complexity index is 365. The molecule has 0 aliphatic carbocycles. The van der Waals surface area contributed by atoms with Crippen LogP contribution >= 0.6 is 0 Å². The fraction of sp³-hybridized carbons (Fsp3) is 0.636. The number of carbonyl (C=O) groups excluding carboxylic acids is 1. The molecule has 2 aliphatic rings. The number of piperidine rings is 2. The van der Waals surface area contributed by atoms with E-state index in [2.05, 4.69) is 10.5 Å². The third-order valence-corrected chi connectivity index (χ3v) is 3.43. The van der Waals surface area contributed by atoms with E-state index < -0.39 is 0 Å². The zero-order valence-corrected chi connectivity index (χ0v) is 9.06. The molecule has 2 bridgehead atoms. The Morgan fingerprint density at radius 2 is 2.19 bits per heavy atom. The lowest BCUT2D eigenvalue weighted by Gasteiger charge is -2.41. The van der Waals surface area contributed by atoms with Crippen molar-refractivity contribution in [2.24, 2.45) is 11.8 Å². The highest BCUT2D eigenvalue weighted by Gasteiger charge is 2.33. The molecular weight excluding hydrogens is 206 g/mol. The summed E-state index contributed by atoms with van der Waals surface area (Å²) < 4.78 is 4.71. The van der Waals surface area contributed by atoms with E-state index in [1.165, 1.54) is 12.7 Å². The van der Waals surface area contributed by atoms with Crippen molar-refractivity contribution in [3.8, 4) is 0 Å². The highest BCUT2D eigenvalue weighted by molar-refractivity contribution is 5.92. The van der Waals surface area contributed by atoms with Crippen LogP contribution in [0.25, 0.3) is 0 Å². The molecule has 16 heavy (non-hydrogen) atoms. The Morgan fingerprint density at radius 1 is 1.44 bits per heavy atom. The number of rotatable bonds is 1. The van der Waals surface area contributed by atoms with Gasteiger partial charge < -0.3 is 14.7 Å². The number of fused-ring (bicyclic) bond motifs is 2. The molecule has 0 radical (unpaired) electrons. The highest BCUT2D eigenvalue weighted by atomic mass is 16.5. The van der Waals surface area contributed by atoms with Crippen LogP contribution < -0.4 is 5.32 Å². The number of aromatic nitrogens is 1. The molecule has 5 heteroatoms. The van der Waals surface area contributed by atoms with E-state index in [0.717, 1.165) is 26.2 Å².